The van der Waals surface area contributed by atoms with Crippen molar-refractivity contribution in [3.05, 3.63) is 30.3 Å². The molecule has 0 fully saturated rings. The molecule has 2 N–H and O–H groups in total. The van der Waals surface area contributed by atoms with Crippen LogP contribution in [0.2, 0.25) is 0 Å². The predicted octanol–water partition coefficient (Wildman–Crippen LogP) is 3.50. The number of hydrogen-bond acceptors (Lipinski definition) is 8. The Morgan fingerprint density at radius 1 is 0.806 bits per heavy atom. The molecule has 0 radical (unpaired) electrons. The molecule has 0 aliphatic carbocycles. The summed E-state index contributed by atoms with van der Waals surface area (Å²) in [5, 5.41) is 4.27. The van der Waals surface area contributed by atoms with Gasteiger partial charge in [0.15, 0.2) is 28.8 Å². The Bertz CT molecular complexity index is 1100. The number of nitrogen functional groups attached to an aromatic ring is 1. The number of benzene rings is 2. The summed E-state index contributed by atoms with van der Waals surface area (Å²) in [6, 6.07) is 8.83. The molecule has 0 aliphatic rings. The van der Waals surface area contributed by atoms with Gasteiger partial charge in [0.1, 0.15) is 0 Å². The van der Waals surface area contributed by atoms with Crippen molar-refractivity contribution in [1.29, 1.82) is 0 Å². The average Bonchev–Trinajstić information content (AvgIpc) is 3.14. The highest BCUT2D eigenvalue weighted by atomic mass is 16.5. The van der Waals surface area contributed by atoms with Crippen molar-refractivity contribution in [2.24, 2.45) is 0 Å². The fourth-order valence-electron chi connectivity index (χ4n) is 3.42. The highest BCUT2D eigenvalue weighted by Gasteiger charge is 2.25. The zero-order valence-electron chi connectivity index (χ0n) is 18.3. The number of nitrogens with two attached hydrogens (primary N) is 1. The molecule has 0 spiro atoms. The average molecular weight is 427 g/mol. The van der Waals surface area contributed by atoms with Crippen LogP contribution in [0.25, 0.3) is 22.4 Å². The second-order valence-corrected chi connectivity index (χ2v) is 6.52. The van der Waals surface area contributed by atoms with E-state index in [1.807, 2.05) is 6.07 Å². The molecule has 1 heterocycles. The van der Waals surface area contributed by atoms with Crippen LogP contribution < -0.4 is 29.4 Å². The van der Waals surface area contributed by atoms with Gasteiger partial charge in [0.25, 0.3) is 0 Å². The monoisotopic (exact) mass is 427 g/mol. The summed E-state index contributed by atoms with van der Waals surface area (Å²) in [6.07, 6.45) is 0. The molecule has 9 heteroatoms. The van der Waals surface area contributed by atoms with Gasteiger partial charge in [-0.3, -0.25) is 4.79 Å². The van der Waals surface area contributed by atoms with Crippen molar-refractivity contribution < 1.29 is 28.5 Å². The number of methoxy groups -OCH3 is 5. The van der Waals surface area contributed by atoms with Gasteiger partial charge in [0.2, 0.25) is 11.7 Å². The number of carbonyl (C=O) groups excluding carboxylic acids is 1. The van der Waals surface area contributed by atoms with Gasteiger partial charge in [-0.2, -0.15) is 4.68 Å². The summed E-state index contributed by atoms with van der Waals surface area (Å²) >= 11 is 0. The van der Waals surface area contributed by atoms with Crippen molar-refractivity contribution in [1.82, 2.24) is 9.78 Å². The van der Waals surface area contributed by atoms with Gasteiger partial charge < -0.3 is 29.4 Å². The summed E-state index contributed by atoms with van der Waals surface area (Å²) in [5.74, 6) is 2.27. The molecule has 0 atom stereocenters. The molecule has 31 heavy (non-hydrogen) atoms. The lowest BCUT2D eigenvalue weighted by atomic mass is 9.99. The molecule has 0 saturated heterocycles. The van der Waals surface area contributed by atoms with Crippen molar-refractivity contribution in [2.45, 2.75) is 6.92 Å². The first-order valence-corrected chi connectivity index (χ1v) is 9.32. The summed E-state index contributed by atoms with van der Waals surface area (Å²) in [7, 11) is 7.66. The standard InChI is InChI=1S/C22H25N3O6/c1-12(26)25-20(14-10-17(29-4)21(31-6)18(11-14)30-5)19(22(23)24-25)13-7-8-15(27-2)16(9-13)28-3/h7-11H,1-6H3,(H2,23,24). The van der Waals surface area contributed by atoms with Crippen molar-refractivity contribution in [3.8, 4) is 51.1 Å². The van der Waals surface area contributed by atoms with Gasteiger partial charge in [-0.05, 0) is 29.8 Å². The van der Waals surface area contributed by atoms with E-state index in [0.717, 1.165) is 0 Å². The van der Waals surface area contributed by atoms with Crippen LogP contribution in [-0.2, 0) is 0 Å². The van der Waals surface area contributed by atoms with Gasteiger partial charge in [-0.1, -0.05) is 6.07 Å². The van der Waals surface area contributed by atoms with Crippen LogP contribution in [-0.4, -0.2) is 51.2 Å². The molecule has 0 unspecified atom stereocenters. The Labute approximate surface area is 180 Å². The lowest BCUT2D eigenvalue weighted by molar-refractivity contribution is 0.0923. The van der Waals surface area contributed by atoms with Gasteiger partial charge in [-0.15, -0.1) is 5.10 Å². The summed E-state index contributed by atoms with van der Waals surface area (Å²) in [4.78, 5) is 12.4. The first-order chi connectivity index (χ1) is 14.9. The largest absolute Gasteiger partial charge is 0.493 e. The SMILES string of the molecule is COc1ccc(-c2c(N)nn(C(C)=O)c2-c2cc(OC)c(OC)c(OC)c2)cc1OC. The molecule has 3 rings (SSSR count). The van der Waals surface area contributed by atoms with Crippen LogP contribution in [0.3, 0.4) is 0 Å². The normalized spacial score (nSPS) is 10.5. The van der Waals surface area contributed by atoms with Crippen LogP contribution in [0.5, 0.6) is 28.7 Å². The Balaban J connectivity index is 2.35. The molecule has 1 aromatic heterocycles. The Morgan fingerprint density at radius 2 is 1.35 bits per heavy atom. The van der Waals surface area contributed by atoms with Crippen LogP contribution >= 0.6 is 0 Å². The van der Waals surface area contributed by atoms with E-state index in [9.17, 15) is 4.79 Å². The van der Waals surface area contributed by atoms with E-state index >= 15 is 0 Å². The maximum atomic E-state index is 12.4. The molecule has 0 aliphatic heterocycles. The maximum absolute atomic E-state index is 12.4. The van der Waals surface area contributed by atoms with E-state index in [1.165, 1.54) is 32.9 Å². The van der Waals surface area contributed by atoms with E-state index in [1.54, 1.807) is 38.5 Å². The van der Waals surface area contributed by atoms with Gasteiger partial charge >= 0.3 is 0 Å². The maximum Gasteiger partial charge on any atom is 0.244 e. The lowest BCUT2D eigenvalue weighted by Crippen LogP contribution is -2.10. The van der Waals surface area contributed by atoms with Gasteiger partial charge in [0, 0.05) is 12.5 Å². The van der Waals surface area contributed by atoms with E-state index in [0.29, 0.717) is 51.1 Å². The van der Waals surface area contributed by atoms with E-state index < -0.39 is 0 Å². The fraction of sp³-hybridized carbons (Fsp3) is 0.273. The van der Waals surface area contributed by atoms with Crippen LogP contribution in [0.4, 0.5) is 5.82 Å². The third-order valence-electron chi connectivity index (χ3n) is 4.82. The van der Waals surface area contributed by atoms with Crippen LogP contribution in [0.15, 0.2) is 30.3 Å². The molecule has 3 aromatic rings. The highest BCUT2D eigenvalue weighted by molar-refractivity contribution is 5.95. The number of hydrogen-bond donors (Lipinski definition) is 1. The summed E-state index contributed by atoms with van der Waals surface area (Å²) in [5.41, 5.74) is 8.62. The molecule has 0 amide bonds. The zero-order valence-corrected chi connectivity index (χ0v) is 18.3. The van der Waals surface area contributed by atoms with E-state index in [-0.39, 0.29) is 11.7 Å². The third-order valence-corrected chi connectivity index (χ3v) is 4.82. The van der Waals surface area contributed by atoms with Crippen molar-refractivity contribution in [2.75, 3.05) is 41.3 Å². The van der Waals surface area contributed by atoms with E-state index in [4.69, 9.17) is 29.4 Å². The Morgan fingerprint density at radius 3 is 1.84 bits per heavy atom. The smallest absolute Gasteiger partial charge is 0.244 e. The molecule has 0 saturated carbocycles. The second-order valence-electron chi connectivity index (χ2n) is 6.52. The van der Waals surface area contributed by atoms with E-state index in [2.05, 4.69) is 5.10 Å². The topological polar surface area (TPSA) is 107 Å². The van der Waals surface area contributed by atoms with Crippen LogP contribution in [0.1, 0.15) is 11.7 Å². The minimum absolute atomic E-state index is 0.186. The predicted molar refractivity (Wildman–Crippen MR) is 117 cm³/mol. The molecular weight excluding hydrogens is 402 g/mol. The van der Waals surface area contributed by atoms with Crippen molar-refractivity contribution in [3.63, 3.8) is 0 Å². The molecule has 0 bridgehead atoms. The number of rotatable bonds is 7. The summed E-state index contributed by atoms with van der Waals surface area (Å²) < 4.78 is 28.4. The number of ether oxygens (including phenoxy) is 5. The number of anilines is 1. The molecular formula is C22H25N3O6. The minimum atomic E-state index is -0.304. The third kappa shape index (κ3) is 3.81. The second kappa shape index (κ2) is 8.86. The molecule has 2 aromatic carbocycles. The molecule has 9 nitrogen and oxygen atoms in total. The zero-order chi connectivity index (χ0) is 22.7. The quantitative estimate of drug-likeness (QED) is 0.611. The lowest BCUT2D eigenvalue weighted by Gasteiger charge is -2.16. The number of aromatic nitrogens is 2. The first-order valence-electron chi connectivity index (χ1n) is 9.32. The van der Waals surface area contributed by atoms with Crippen LogP contribution in [0, 0.1) is 0 Å². The highest BCUT2D eigenvalue weighted by Crippen LogP contribution is 2.45. The molecule has 164 valence electrons. The number of nitrogens with zero attached hydrogens (tertiary/aromatic N) is 2. The number of carbonyl (C=O) groups is 1. The summed E-state index contributed by atoms with van der Waals surface area (Å²) in [6.45, 7) is 1.41. The Hall–Kier alpha value is -3.88. The van der Waals surface area contributed by atoms with Crippen molar-refractivity contribution >= 4 is 11.7 Å². The first kappa shape index (κ1) is 21.8. The van der Waals surface area contributed by atoms with Gasteiger partial charge in [0.05, 0.1) is 46.8 Å². The van der Waals surface area contributed by atoms with Gasteiger partial charge in [-0.25, -0.2) is 0 Å². The fourth-order valence-corrected chi connectivity index (χ4v) is 3.42. The Kier molecular flexibility index (Phi) is 6.24. The minimum Gasteiger partial charge on any atom is -0.493 e.